The van der Waals surface area contributed by atoms with Crippen molar-refractivity contribution in [2.45, 2.75) is 33.2 Å². The van der Waals surface area contributed by atoms with Crippen molar-refractivity contribution >= 4 is 11.9 Å². The van der Waals surface area contributed by atoms with Crippen LogP contribution in [-0.4, -0.2) is 10.5 Å². The predicted molar refractivity (Wildman–Crippen MR) is 88.8 cm³/mol. The monoisotopic (exact) mass is 282 g/mol. The lowest BCUT2D eigenvalue weighted by Gasteiger charge is -2.21. The van der Waals surface area contributed by atoms with Crippen LogP contribution in [-0.2, 0) is 0 Å². The molecule has 3 heteroatoms. The van der Waals surface area contributed by atoms with Gasteiger partial charge < -0.3 is 10.1 Å². The molecule has 21 heavy (non-hydrogen) atoms. The minimum absolute atomic E-state index is 0.0333. The maximum absolute atomic E-state index is 5.91. The minimum Gasteiger partial charge on any atom is -0.438 e. The minimum atomic E-state index is -0.0333. The highest BCUT2D eigenvalue weighted by Crippen LogP contribution is 2.26. The first-order valence-electron chi connectivity index (χ1n) is 7.13. The van der Waals surface area contributed by atoms with E-state index in [4.69, 9.17) is 4.74 Å². The zero-order valence-corrected chi connectivity index (χ0v) is 13.1. The Bertz CT molecular complexity index is 627. The first-order chi connectivity index (χ1) is 9.98. The van der Waals surface area contributed by atoms with Gasteiger partial charge in [0, 0.05) is 17.2 Å². The number of aromatic nitrogens is 1. The standard InChI is InChI=1S/C18H22N2O/c1-5-9-14-10-6-7-11-15(14)21-17-13-8-12-16(19-17)20-18(2,3)4/h5-13H,1-4H3,(H,19,20)/b9-5+. The van der Waals surface area contributed by atoms with Crippen molar-refractivity contribution in [1.29, 1.82) is 0 Å². The van der Waals surface area contributed by atoms with Gasteiger partial charge in [-0.2, -0.15) is 4.98 Å². The number of nitrogens with one attached hydrogen (secondary N) is 1. The molecular formula is C18H22N2O. The Hall–Kier alpha value is -2.29. The number of hydrogen-bond donors (Lipinski definition) is 1. The first kappa shape index (κ1) is 15.1. The summed E-state index contributed by atoms with van der Waals surface area (Å²) >= 11 is 0. The Morgan fingerprint density at radius 2 is 1.81 bits per heavy atom. The number of hydrogen-bond acceptors (Lipinski definition) is 3. The fourth-order valence-corrected chi connectivity index (χ4v) is 1.93. The molecule has 0 amide bonds. The molecular weight excluding hydrogens is 260 g/mol. The molecule has 1 aromatic heterocycles. The van der Waals surface area contributed by atoms with Crippen molar-refractivity contribution in [3.05, 3.63) is 54.1 Å². The smallest absolute Gasteiger partial charge is 0.221 e. The molecule has 0 aliphatic heterocycles. The highest BCUT2D eigenvalue weighted by Gasteiger charge is 2.11. The SMILES string of the molecule is C/C=C/c1ccccc1Oc1cccc(NC(C)(C)C)n1. The summed E-state index contributed by atoms with van der Waals surface area (Å²) in [5.74, 6) is 2.20. The summed E-state index contributed by atoms with van der Waals surface area (Å²) in [5.41, 5.74) is 1.00. The second-order valence-corrected chi connectivity index (χ2v) is 5.88. The molecule has 3 nitrogen and oxygen atoms in total. The summed E-state index contributed by atoms with van der Waals surface area (Å²) in [4.78, 5) is 4.50. The molecule has 0 radical (unpaired) electrons. The normalized spacial score (nSPS) is 11.6. The van der Waals surface area contributed by atoms with E-state index in [9.17, 15) is 0 Å². The molecule has 0 unspecified atom stereocenters. The summed E-state index contributed by atoms with van der Waals surface area (Å²) in [6, 6.07) is 13.7. The third-order valence-electron chi connectivity index (χ3n) is 2.71. The number of allylic oxidation sites excluding steroid dienone is 1. The van der Waals surface area contributed by atoms with E-state index in [0.717, 1.165) is 17.1 Å². The molecule has 0 aliphatic carbocycles. The van der Waals surface area contributed by atoms with E-state index in [0.29, 0.717) is 5.88 Å². The van der Waals surface area contributed by atoms with E-state index in [1.807, 2.05) is 61.5 Å². The maximum atomic E-state index is 5.91. The number of anilines is 1. The average Bonchev–Trinajstić information content (AvgIpc) is 2.40. The molecule has 110 valence electrons. The molecule has 0 spiro atoms. The molecule has 0 saturated carbocycles. The van der Waals surface area contributed by atoms with Crippen molar-refractivity contribution in [3.63, 3.8) is 0 Å². The fraction of sp³-hybridized carbons (Fsp3) is 0.278. The van der Waals surface area contributed by atoms with Crippen LogP contribution in [0.2, 0.25) is 0 Å². The van der Waals surface area contributed by atoms with Gasteiger partial charge in [-0.25, -0.2) is 0 Å². The summed E-state index contributed by atoms with van der Waals surface area (Å²) in [6.45, 7) is 8.29. The number of benzene rings is 1. The van der Waals surface area contributed by atoms with Gasteiger partial charge in [0.2, 0.25) is 5.88 Å². The molecule has 0 bridgehead atoms. The van der Waals surface area contributed by atoms with Gasteiger partial charge in [0.15, 0.2) is 0 Å². The highest BCUT2D eigenvalue weighted by molar-refractivity contribution is 5.57. The Morgan fingerprint density at radius 1 is 1.05 bits per heavy atom. The topological polar surface area (TPSA) is 34.1 Å². The van der Waals surface area contributed by atoms with Crippen molar-refractivity contribution < 1.29 is 4.74 Å². The molecule has 0 fully saturated rings. The molecule has 0 atom stereocenters. The van der Waals surface area contributed by atoms with Crippen LogP contribution in [0.1, 0.15) is 33.3 Å². The number of rotatable bonds is 4. The second kappa shape index (κ2) is 6.44. The van der Waals surface area contributed by atoms with E-state index in [1.165, 1.54) is 0 Å². The first-order valence-corrected chi connectivity index (χ1v) is 7.13. The van der Waals surface area contributed by atoms with Crippen LogP contribution in [0.4, 0.5) is 5.82 Å². The summed E-state index contributed by atoms with van der Waals surface area (Å²) in [5, 5.41) is 3.34. The van der Waals surface area contributed by atoms with E-state index in [-0.39, 0.29) is 5.54 Å². The van der Waals surface area contributed by atoms with Crippen LogP contribution in [0, 0.1) is 0 Å². The molecule has 1 heterocycles. The lowest BCUT2D eigenvalue weighted by molar-refractivity contribution is 0.462. The third kappa shape index (κ3) is 4.63. The quantitative estimate of drug-likeness (QED) is 0.845. The van der Waals surface area contributed by atoms with Crippen LogP contribution in [0.5, 0.6) is 11.6 Å². The largest absolute Gasteiger partial charge is 0.438 e. The molecule has 2 aromatic rings. The highest BCUT2D eigenvalue weighted by atomic mass is 16.5. The van der Waals surface area contributed by atoms with Crippen LogP contribution < -0.4 is 10.1 Å². The molecule has 0 aliphatic rings. The van der Waals surface area contributed by atoms with E-state index >= 15 is 0 Å². The van der Waals surface area contributed by atoms with Gasteiger partial charge in [0.25, 0.3) is 0 Å². The third-order valence-corrected chi connectivity index (χ3v) is 2.71. The average molecular weight is 282 g/mol. The van der Waals surface area contributed by atoms with Gasteiger partial charge in [0.1, 0.15) is 11.6 Å². The van der Waals surface area contributed by atoms with Crippen molar-refractivity contribution in [2.24, 2.45) is 0 Å². The summed E-state index contributed by atoms with van der Waals surface area (Å²) in [7, 11) is 0. The Balaban J connectivity index is 2.22. The number of para-hydroxylation sites is 1. The number of pyridine rings is 1. The number of ether oxygens (including phenoxy) is 1. The molecule has 0 saturated heterocycles. The maximum Gasteiger partial charge on any atom is 0.221 e. The molecule has 1 aromatic carbocycles. The summed E-state index contributed by atoms with van der Waals surface area (Å²) < 4.78 is 5.91. The number of nitrogens with zero attached hydrogens (tertiary/aromatic N) is 1. The van der Waals surface area contributed by atoms with Gasteiger partial charge in [-0.05, 0) is 39.8 Å². The van der Waals surface area contributed by atoms with Crippen molar-refractivity contribution in [3.8, 4) is 11.6 Å². The van der Waals surface area contributed by atoms with Gasteiger partial charge in [0.05, 0.1) is 0 Å². The molecule has 2 rings (SSSR count). The molecule has 1 N–H and O–H groups in total. The fourth-order valence-electron chi connectivity index (χ4n) is 1.93. The lowest BCUT2D eigenvalue weighted by Crippen LogP contribution is -2.26. The van der Waals surface area contributed by atoms with Gasteiger partial charge >= 0.3 is 0 Å². The van der Waals surface area contributed by atoms with Crippen LogP contribution in [0.3, 0.4) is 0 Å². The Morgan fingerprint density at radius 3 is 2.52 bits per heavy atom. The predicted octanol–water partition coefficient (Wildman–Crippen LogP) is 5.12. The second-order valence-electron chi connectivity index (χ2n) is 5.88. The van der Waals surface area contributed by atoms with Crippen LogP contribution >= 0.6 is 0 Å². The van der Waals surface area contributed by atoms with Crippen molar-refractivity contribution in [2.75, 3.05) is 5.32 Å². The van der Waals surface area contributed by atoms with E-state index < -0.39 is 0 Å². The lowest BCUT2D eigenvalue weighted by atomic mass is 10.1. The van der Waals surface area contributed by atoms with Gasteiger partial charge in [-0.15, -0.1) is 0 Å². The van der Waals surface area contributed by atoms with E-state index in [2.05, 4.69) is 31.1 Å². The van der Waals surface area contributed by atoms with E-state index in [1.54, 1.807) is 0 Å². The zero-order valence-electron chi connectivity index (χ0n) is 13.1. The summed E-state index contributed by atoms with van der Waals surface area (Å²) in [6.07, 6.45) is 4.01. The van der Waals surface area contributed by atoms with Gasteiger partial charge in [-0.1, -0.05) is 36.4 Å². The van der Waals surface area contributed by atoms with Gasteiger partial charge in [-0.3, -0.25) is 0 Å². The Labute approximate surface area is 126 Å². The van der Waals surface area contributed by atoms with Crippen LogP contribution in [0.15, 0.2) is 48.5 Å². The van der Waals surface area contributed by atoms with Crippen LogP contribution in [0.25, 0.3) is 6.08 Å². The van der Waals surface area contributed by atoms with Crippen molar-refractivity contribution in [1.82, 2.24) is 4.98 Å². The Kier molecular flexibility index (Phi) is 4.63. The zero-order chi connectivity index (χ0) is 15.3.